The van der Waals surface area contributed by atoms with E-state index in [9.17, 15) is 4.79 Å². The summed E-state index contributed by atoms with van der Waals surface area (Å²) < 4.78 is 10.8. The monoisotopic (exact) mass is 348 g/mol. The van der Waals surface area contributed by atoms with Gasteiger partial charge in [0.15, 0.2) is 0 Å². The standard InChI is InChI=1S/C20H32N2O3/c1-15(2)9-12-25-16(3)20(23)21-19-8-5-7-17-13-22(14-18(17)19)10-6-11-24-4/h5,7-8,15-16H,6,9-14H2,1-4H3,(H,21,23)/t16-/m0/s1. The minimum atomic E-state index is -0.436. The highest BCUT2D eigenvalue weighted by atomic mass is 16.5. The Bertz CT molecular complexity index is 560. The first-order valence-electron chi connectivity index (χ1n) is 9.25. The number of amides is 1. The third-order valence-corrected chi connectivity index (χ3v) is 4.56. The number of benzene rings is 1. The lowest BCUT2D eigenvalue weighted by atomic mass is 10.1. The molecule has 2 rings (SSSR count). The Morgan fingerprint density at radius 2 is 2.04 bits per heavy atom. The number of nitrogens with one attached hydrogen (secondary N) is 1. The molecule has 1 aliphatic rings. The van der Waals surface area contributed by atoms with Crippen LogP contribution in [-0.4, -0.2) is 43.8 Å². The van der Waals surface area contributed by atoms with Gasteiger partial charge in [0.2, 0.25) is 0 Å². The first kappa shape index (κ1) is 19.9. The van der Waals surface area contributed by atoms with Crippen LogP contribution in [0.25, 0.3) is 0 Å². The van der Waals surface area contributed by atoms with Crippen LogP contribution in [0.5, 0.6) is 0 Å². The van der Waals surface area contributed by atoms with Crippen LogP contribution in [0.3, 0.4) is 0 Å². The Morgan fingerprint density at radius 3 is 2.76 bits per heavy atom. The van der Waals surface area contributed by atoms with E-state index in [0.717, 1.165) is 44.8 Å². The molecule has 1 heterocycles. The summed E-state index contributed by atoms with van der Waals surface area (Å²) >= 11 is 0. The van der Waals surface area contributed by atoms with Gasteiger partial charge in [-0.25, -0.2) is 0 Å². The average molecular weight is 348 g/mol. The fraction of sp³-hybridized carbons (Fsp3) is 0.650. The van der Waals surface area contributed by atoms with Crippen LogP contribution in [0.2, 0.25) is 0 Å². The Kier molecular flexibility index (Phi) is 7.88. The van der Waals surface area contributed by atoms with E-state index in [2.05, 4.69) is 30.1 Å². The highest BCUT2D eigenvalue weighted by Crippen LogP contribution is 2.29. The Labute approximate surface area is 151 Å². The molecule has 1 atom stereocenters. The van der Waals surface area contributed by atoms with Gasteiger partial charge < -0.3 is 14.8 Å². The van der Waals surface area contributed by atoms with Crippen LogP contribution in [0, 0.1) is 5.92 Å². The van der Waals surface area contributed by atoms with E-state index < -0.39 is 6.10 Å². The summed E-state index contributed by atoms with van der Waals surface area (Å²) in [5.41, 5.74) is 3.43. The number of ether oxygens (including phenoxy) is 2. The number of anilines is 1. The maximum Gasteiger partial charge on any atom is 0.253 e. The van der Waals surface area contributed by atoms with Gasteiger partial charge in [0, 0.05) is 45.6 Å². The summed E-state index contributed by atoms with van der Waals surface area (Å²) in [5, 5.41) is 3.05. The van der Waals surface area contributed by atoms with Crippen molar-refractivity contribution in [2.75, 3.05) is 32.2 Å². The fourth-order valence-electron chi connectivity index (χ4n) is 2.99. The fourth-order valence-corrected chi connectivity index (χ4v) is 2.99. The molecule has 5 heteroatoms. The van der Waals surface area contributed by atoms with Gasteiger partial charge in [-0.2, -0.15) is 0 Å². The first-order valence-corrected chi connectivity index (χ1v) is 9.25. The van der Waals surface area contributed by atoms with Crippen molar-refractivity contribution in [2.45, 2.75) is 52.8 Å². The lowest BCUT2D eigenvalue weighted by Gasteiger charge is -2.16. The largest absolute Gasteiger partial charge is 0.385 e. The molecule has 0 saturated carbocycles. The van der Waals surface area contributed by atoms with Crippen molar-refractivity contribution >= 4 is 11.6 Å². The smallest absolute Gasteiger partial charge is 0.253 e. The molecule has 0 unspecified atom stereocenters. The summed E-state index contributed by atoms with van der Waals surface area (Å²) in [6.07, 6.45) is 1.55. The second kappa shape index (κ2) is 9.90. The van der Waals surface area contributed by atoms with Crippen molar-refractivity contribution in [3.05, 3.63) is 29.3 Å². The van der Waals surface area contributed by atoms with Gasteiger partial charge in [-0.15, -0.1) is 0 Å². The zero-order valence-electron chi connectivity index (χ0n) is 16.0. The molecule has 0 aromatic heterocycles. The SMILES string of the molecule is COCCCN1Cc2cccc(NC(=O)[C@H](C)OCCC(C)C)c2C1. The molecule has 25 heavy (non-hydrogen) atoms. The normalized spacial score (nSPS) is 15.4. The van der Waals surface area contributed by atoms with Crippen molar-refractivity contribution in [1.29, 1.82) is 0 Å². The van der Waals surface area contributed by atoms with E-state index in [1.165, 1.54) is 11.1 Å². The second-order valence-electron chi connectivity index (χ2n) is 7.19. The number of carbonyl (C=O) groups excluding carboxylic acids is 1. The van der Waals surface area contributed by atoms with Crippen LogP contribution in [0.1, 0.15) is 44.7 Å². The van der Waals surface area contributed by atoms with Crippen molar-refractivity contribution in [1.82, 2.24) is 4.90 Å². The van der Waals surface area contributed by atoms with Crippen LogP contribution >= 0.6 is 0 Å². The summed E-state index contributed by atoms with van der Waals surface area (Å²) in [6.45, 7) is 10.3. The summed E-state index contributed by atoms with van der Waals surface area (Å²) in [5.74, 6) is 0.506. The van der Waals surface area contributed by atoms with E-state index >= 15 is 0 Å². The number of nitrogens with zero attached hydrogens (tertiary/aromatic N) is 1. The summed E-state index contributed by atoms with van der Waals surface area (Å²) in [7, 11) is 1.73. The minimum absolute atomic E-state index is 0.0741. The van der Waals surface area contributed by atoms with Gasteiger partial charge >= 0.3 is 0 Å². The number of carbonyl (C=O) groups is 1. The van der Waals surface area contributed by atoms with Crippen molar-refractivity contribution in [3.63, 3.8) is 0 Å². The highest BCUT2D eigenvalue weighted by Gasteiger charge is 2.23. The van der Waals surface area contributed by atoms with Crippen LogP contribution in [0.15, 0.2) is 18.2 Å². The average Bonchev–Trinajstić information content (AvgIpc) is 2.98. The van der Waals surface area contributed by atoms with E-state index in [4.69, 9.17) is 9.47 Å². The maximum atomic E-state index is 12.4. The molecule has 1 aromatic carbocycles. The number of methoxy groups -OCH3 is 1. The van der Waals surface area contributed by atoms with Crippen molar-refractivity contribution in [3.8, 4) is 0 Å². The Balaban J connectivity index is 1.89. The van der Waals surface area contributed by atoms with Crippen LogP contribution in [0.4, 0.5) is 5.69 Å². The van der Waals surface area contributed by atoms with Crippen molar-refractivity contribution in [2.24, 2.45) is 5.92 Å². The first-order chi connectivity index (χ1) is 12.0. The van der Waals surface area contributed by atoms with Crippen molar-refractivity contribution < 1.29 is 14.3 Å². The molecule has 1 aromatic rings. The van der Waals surface area contributed by atoms with Gasteiger partial charge in [0.1, 0.15) is 6.10 Å². The third kappa shape index (κ3) is 6.10. The third-order valence-electron chi connectivity index (χ3n) is 4.56. The molecule has 0 radical (unpaired) electrons. The lowest BCUT2D eigenvalue weighted by Crippen LogP contribution is -2.28. The van der Waals surface area contributed by atoms with Gasteiger partial charge in [-0.1, -0.05) is 26.0 Å². The maximum absolute atomic E-state index is 12.4. The molecule has 1 aliphatic heterocycles. The zero-order chi connectivity index (χ0) is 18.2. The van der Waals surface area contributed by atoms with E-state index in [-0.39, 0.29) is 5.91 Å². The van der Waals surface area contributed by atoms with E-state index in [0.29, 0.717) is 12.5 Å². The molecule has 0 bridgehead atoms. The molecule has 5 nitrogen and oxygen atoms in total. The minimum Gasteiger partial charge on any atom is -0.385 e. The molecule has 0 saturated heterocycles. The number of hydrogen-bond donors (Lipinski definition) is 1. The zero-order valence-corrected chi connectivity index (χ0v) is 16.0. The molecule has 140 valence electrons. The molecule has 0 spiro atoms. The lowest BCUT2D eigenvalue weighted by molar-refractivity contribution is -0.126. The summed E-state index contributed by atoms with van der Waals surface area (Å²) in [6, 6.07) is 6.14. The predicted octanol–water partition coefficient (Wildman–Crippen LogP) is 3.43. The molecular formula is C20H32N2O3. The van der Waals surface area contributed by atoms with Gasteiger partial charge in [0.05, 0.1) is 0 Å². The van der Waals surface area contributed by atoms with Gasteiger partial charge in [-0.05, 0) is 42.9 Å². The topological polar surface area (TPSA) is 50.8 Å². The van der Waals surface area contributed by atoms with Crippen LogP contribution < -0.4 is 5.32 Å². The molecular weight excluding hydrogens is 316 g/mol. The molecule has 1 amide bonds. The molecule has 0 aliphatic carbocycles. The second-order valence-corrected chi connectivity index (χ2v) is 7.19. The Hall–Kier alpha value is -1.43. The number of hydrogen-bond acceptors (Lipinski definition) is 4. The van der Waals surface area contributed by atoms with E-state index in [1.807, 2.05) is 19.1 Å². The predicted molar refractivity (Wildman–Crippen MR) is 101 cm³/mol. The van der Waals surface area contributed by atoms with Crippen LogP contribution in [-0.2, 0) is 27.4 Å². The number of fused-ring (bicyclic) bond motifs is 1. The quantitative estimate of drug-likeness (QED) is 0.658. The molecule has 0 fully saturated rings. The highest BCUT2D eigenvalue weighted by molar-refractivity contribution is 5.94. The van der Waals surface area contributed by atoms with Gasteiger partial charge in [0.25, 0.3) is 5.91 Å². The van der Waals surface area contributed by atoms with Gasteiger partial charge in [-0.3, -0.25) is 9.69 Å². The molecule has 1 N–H and O–H groups in total. The van der Waals surface area contributed by atoms with E-state index in [1.54, 1.807) is 7.11 Å². The number of rotatable bonds is 10. The Morgan fingerprint density at radius 1 is 1.24 bits per heavy atom. The summed E-state index contributed by atoms with van der Waals surface area (Å²) in [4.78, 5) is 14.8.